The Bertz CT molecular complexity index is 1500. The molecular formula is C76H136O6. The number of hydrogen-bond donors (Lipinski definition) is 0. The summed E-state index contributed by atoms with van der Waals surface area (Å²) in [6.07, 6.45) is 92.2. The summed E-state index contributed by atoms with van der Waals surface area (Å²) in [5, 5.41) is 0. The van der Waals surface area contributed by atoms with Crippen LogP contribution in [0.2, 0.25) is 0 Å². The topological polar surface area (TPSA) is 78.9 Å². The van der Waals surface area contributed by atoms with Gasteiger partial charge >= 0.3 is 17.9 Å². The van der Waals surface area contributed by atoms with Gasteiger partial charge in [-0.1, -0.05) is 338 Å². The molecule has 0 aliphatic heterocycles. The first kappa shape index (κ1) is 78.8. The molecule has 0 bridgehead atoms. The van der Waals surface area contributed by atoms with Gasteiger partial charge < -0.3 is 14.2 Å². The molecule has 0 aliphatic carbocycles. The van der Waals surface area contributed by atoms with Crippen molar-refractivity contribution in [3.8, 4) is 0 Å². The zero-order valence-electron chi connectivity index (χ0n) is 54.8. The summed E-state index contributed by atoms with van der Waals surface area (Å²) in [7, 11) is 0. The number of ether oxygens (including phenoxy) is 3. The summed E-state index contributed by atoms with van der Waals surface area (Å²) in [6.45, 7) is 6.57. The van der Waals surface area contributed by atoms with Gasteiger partial charge in [-0.15, -0.1) is 0 Å². The van der Waals surface area contributed by atoms with Crippen LogP contribution in [-0.4, -0.2) is 37.2 Å². The lowest BCUT2D eigenvalue weighted by molar-refractivity contribution is -0.167. The second kappa shape index (κ2) is 70.3. The highest BCUT2D eigenvalue weighted by Crippen LogP contribution is 2.18. The van der Waals surface area contributed by atoms with Crippen molar-refractivity contribution in [1.82, 2.24) is 0 Å². The van der Waals surface area contributed by atoms with E-state index < -0.39 is 6.10 Å². The van der Waals surface area contributed by atoms with E-state index in [-0.39, 0.29) is 31.1 Å². The smallest absolute Gasteiger partial charge is 0.306 e. The van der Waals surface area contributed by atoms with E-state index in [2.05, 4.69) is 93.7 Å². The minimum Gasteiger partial charge on any atom is -0.462 e. The minimum absolute atomic E-state index is 0.0739. The van der Waals surface area contributed by atoms with Gasteiger partial charge in [-0.25, -0.2) is 0 Å². The van der Waals surface area contributed by atoms with Gasteiger partial charge in [-0.3, -0.25) is 14.4 Å². The standard InChI is InChI=1S/C76H136O6/c1-4-7-10-13-16-19-22-25-27-29-31-33-35-36-37-38-39-40-41-43-44-46-48-51-54-57-60-63-66-69-75(78)81-72-73(71-80-74(77)68-65-62-59-56-53-50-24-21-18-15-12-9-6-3)82-76(79)70-67-64-61-58-55-52-49-47-45-42-34-32-30-28-26-23-20-17-14-11-8-5-2/h7,10,16,19,21,24-25,27,31,33,36-37,73H,4-6,8-9,11-15,17-18,20,22-23,26,28-30,32,34-35,38-72H2,1-3H3/b10-7-,19-16-,24-21-,27-25-,33-31-,37-36-. The van der Waals surface area contributed by atoms with Gasteiger partial charge in [-0.05, 0) is 89.9 Å². The van der Waals surface area contributed by atoms with Crippen molar-refractivity contribution in [1.29, 1.82) is 0 Å². The van der Waals surface area contributed by atoms with Gasteiger partial charge in [0.2, 0.25) is 0 Å². The first-order valence-electron chi connectivity index (χ1n) is 35.9. The Morgan fingerprint density at radius 1 is 0.256 bits per heavy atom. The predicted octanol–water partition coefficient (Wildman–Crippen LogP) is 24.8. The molecule has 0 aromatic rings. The minimum atomic E-state index is -0.778. The fourth-order valence-corrected chi connectivity index (χ4v) is 10.6. The molecule has 476 valence electrons. The zero-order valence-corrected chi connectivity index (χ0v) is 54.8. The molecule has 0 N–H and O–H groups in total. The Kier molecular flexibility index (Phi) is 67.6. The van der Waals surface area contributed by atoms with Gasteiger partial charge in [0.15, 0.2) is 6.10 Å². The molecule has 0 fully saturated rings. The second-order valence-electron chi connectivity index (χ2n) is 24.1. The van der Waals surface area contributed by atoms with Crippen LogP contribution in [0.4, 0.5) is 0 Å². The zero-order chi connectivity index (χ0) is 59.2. The third-order valence-electron chi connectivity index (χ3n) is 15.9. The van der Waals surface area contributed by atoms with Gasteiger partial charge in [0.25, 0.3) is 0 Å². The maximum atomic E-state index is 13.0. The van der Waals surface area contributed by atoms with Crippen LogP contribution in [0.15, 0.2) is 72.9 Å². The number of carbonyl (C=O) groups is 3. The SMILES string of the molecule is CC/C=C\C/C=C\C/C=C\C/C=C\C/C=C\CCCCCCCCCCCCCCCC(=O)OCC(COC(=O)CCCCCCC/C=C\CCCCCC)OC(=O)CCCCCCCCCCCCCCCCCCCCCCCC. The Morgan fingerprint density at radius 3 is 0.768 bits per heavy atom. The molecule has 1 atom stereocenters. The van der Waals surface area contributed by atoms with Crippen molar-refractivity contribution in [3.63, 3.8) is 0 Å². The first-order chi connectivity index (χ1) is 40.5. The summed E-state index contributed by atoms with van der Waals surface area (Å²) in [6, 6.07) is 0. The van der Waals surface area contributed by atoms with E-state index in [0.29, 0.717) is 19.3 Å². The molecule has 0 radical (unpaired) electrons. The van der Waals surface area contributed by atoms with Gasteiger partial charge in [0.1, 0.15) is 13.2 Å². The number of rotatable bonds is 66. The lowest BCUT2D eigenvalue weighted by atomic mass is 10.0. The Morgan fingerprint density at radius 2 is 0.476 bits per heavy atom. The Labute approximate surface area is 510 Å². The average molecular weight is 1150 g/mol. The number of hydrogen-bond acceptors (Lipinski definition) is 6. The van der Waals surface area contributed by atoms with E-state index in [9.17, 15) is 14.4 Å². The molecule has 0 rings (SSSR count). The largest absolute Gasteiger partial charge is 0.462 e. The Hall–Kier alpha value is -3.15. The molecule has 6 heteroatoms. The third kappa shape index (κ3) is 67.6. The summed E-state index contributed by atoms with van der Waals surface area (Å²) < 4.78 is 17.0. The van der Waals surface area contributed by atoms with E-state index in [4.69, 9.17) is 14.2 Å². The van der Waals surface area contributed by atoms with Crippen LogP contribution in [0.25, 0.3) is 0 Å². The lowest BCUT2D eigenvalue weighted by Gasteiger charge is -2.18. The van der Waals surface area contributed by atoms with Gasteiger partial charge in [0, 0.05) is 19.3 Å². The molecule has 0 saturated carbocycles. The molecule has 1 unspecified atom stereocenters. The molecule has 0 saturated heterocycles. The fourth-order valence-electron chi connectivity index (χ4n) is 10.6. The third-order valence-corrected chi connectivity index (χ3v) is 15.9. The van der Waals surface area contributed by atoms with Crippen LogP contribution in [0.5, 0.6) is 0 Å². The molecule has 0 amide bonds. The normalized spacial score (nSPS) is 12.5. The summed E-state index contributed by atoms with van der Waals surface area (Å²) in [5.74, 6) is -0.860. The predicted molar refractivity (Wildman–Crippen MR) is 358 cm³/mol. The molecule has 0 aliphatic rings. The van der Waals surface area contributed by atoms with Crippen LogP contribution in [0, 0.1) is 0 Å². The van der Waals surface area contributed by atoms with Crippen molar-refractivity contribution in [3.05, 3.63) is 72.9 Å². The monoisotopic (exact) mass is 1150 g/mol. The van der Waals surface area contributed by atoms with Crippen LogP contribution in [0.1, 0.15) is 374 Å². The van der Waals surface area contributed by atoms with E-state index in [1.54, 1.807) is 0 Å². The maximum absolute atomic E-state index is 13.0. The highest BCUT2D eigenvalue weighted by atomic mass is 16.6. The van der Waals surface area contributed by atoms with Gasteiger partial charge in [-0.2, -0.15) is 0 Å². The molecule has 0 spiro atoms. The second-order valence-corrected chi connectivity index (χ2v) is 24.1. The lowest BCUT2D eigenvalue weighted by Crippen LogP contribution is -2.30. The molecule has 0 heterocycles. The summed E-state index contributed by atoms with van der Waals surface area (Å²) >= 11 is 0. The highest BCUT2D eigenvalue weighted by molar-refractivity contribution is 5.71. The van der Waals surface area contributed by atoms with E-state index in [1.807, 2.05) is 0 Å². The van der Waals surface area contributed by atoms with E-state index >= 15 is 0 Å². The number of carbonyl (C=O) groups excluding carboxylic acids is 3. The molecule has 82 heavy (non-hydrogen) atoms. The van der Waals surface area contributed by atoms with Crippen molar-refractivity contribution < 1.29 is 28.6 Å². The molecular weight excluding hydrogens is 1010 g/mol. The van der Waals surface area contributed by atoms with Crippen LogP contribution in [-0.2, 0) is 28.6 Å². The molecule has 6 nitrogen and oxygen atoms in total. The van der Waals surface area contributed by atoms with Crippen LogP contribution < -0.4 is 0 Å². The van der Waals surface area contributed by atoms with Crippen molar-refractivity contribution in [2.24, 2.45) is 0 Å². The van der Waals surface area contributed by atoms with Crippen molar-refractivity contribution in [2.45, 2.75) is 380 Å². The average Bonchev–Trinajstić information content (AvgIpc) is 3.47. The summed E-state index contributed by atoms with van der Waals surface area (Å²) in [5.41, 5.74) is 0. The molecule has 0 aromatic carbocycles. The number of esters is 3. The fraction of sp³-hybridized carbons (Fsp3) is 0.803. The summed E-state index contributed by atoms with van der Waals surface area (Å²) in [4.78, 5) is 38.4. The van der Waals surface area contributed by atoms with Crippen molar-refractivity contribution in [2.75, 3.05) is 13.2 Å². The quantitative estimate of drug-likeness (QED) is 0.0261. The first-order valence-corrected chi connectivity index (χ1v) is 35.9. The number of unbranched alkanes of at least 4 members (excludes halogenated alkanes) is 43. The van der Waals surface area contributed by atoms with E-state index in [1.165, 1.54) is 238 Å². The van der Waals surface area contributed by atoms with Crippen LogP contribution >= 0.6 is 0 Å². The van der Waals surface area contributed by atoms with E-state index in [0.717, 1.165) is 96.3 Å². The maximum Gasteiger partial charge on any atom is 0.306 e. The highest BCUT2D eigenvalue weighted by Gasteiger charge is 2.19. The molecule has 0 aromatic heterocycles. The van der Waals surface area contributed by atoms with Crippen molar-refractivity contribution >= 4 is 17.9 Å². The van der Waals surface area contributed by atoms with Crippen LogP contribution in [0.3, 0.4) is 0 Å². The Balaban J connectivity index is 4.23. The number of allylic oxidation sites excluding steroid dienone is 12. The van der Waals surface area contributed by atoms with Gasteiger partial charge in [0.05, 0.1) is 0 Å².